The minimum Gasteiger partial charge on any atom is -0.462 e. The molecule has 1 aromatic rings. The van der Waals surface area contributed by atoms with Crippen molar-refractivity contribution in [1.82, 2.24) is 4.90 Å². The molecule has 6 nitrogen and oxygen atoms in total. The summed E-state index contributed by atoms with van der Waals surface area (Å²) < 4.78 is 31.8. The molecule has 0 aliphatic carbocycles. The summed E-state index contributed by atoms with van der Waals surface area (Å²) in [6, 6.07) is 9.77. The lowest BCUT2D eigenvalue weighted by molar-refractivity contribution is -0.138. The maximum atomic E-state index is 12.1. The largest absolute Gasteiger partial charge is 0.462 e. The number of esters is 1. The smallest absolute Gasteiger partial charge is 0.339 e. The maximum Gasteiger partial charge on any atom is 0.339 e. The molecule has 3 rings (SSSR count). The second-order valence-electron chi connectivity index (χ2n) is 5.22. The highest BCUT2D eigenvalue weighted by atomic mass is 32.2. The number of nitrogens with zero attached hydrogens (tertiary/aromatic N) is 2. The maximum absolute atomic E-state index is 12.1. The number of benzene rings is 1. The van der Waals surface area contributed by atoms with Crippen LogP contribution in [-0.2, 0) is 26.0 Å². The third-order valence-electron chi connectivity index (χ3n) is 3.53. The summed E-state index contributed by atoms with van der Waals surface area (Å²) in [6.07, 6.45) is 5.28. The SMILES string of the molecule is O=C(OCCc1ccccc1)C1=CN2CCS(=O)(=O)N=C2C=C1. The van der Waals surface area contributed by atoms with Crippen LogP contribution in [0.2, 0.25) is 0 Å². The summed E-state index contributed by atoms with van der Waals surface area (Å²) in [5.41, 5.74) is 1.49. The molecule has 0 bridgehead atoms. The first-order valence-electron chi connectivity index (χ1n) is 7.24. The first-order valence-corrected chi connectivity index (χ1v) is 8.85. The highest BCUT2D eigenvalue weighted by Crippen LogP contribution is 2.16. The number of carbonyl (C=O) groups excluding carboxylic acids is 1. The van der Waals surface area contributed by atoms with Crippen LogP contribution in [0, 0.1) is 0 Å². The highest BCUT2D eigenvalue weighted by molar-refractivity contribution is 7.90. The van der Waals surface area contributed by atoms with Crippen molar-refractivity contribution in [1.29, 1.82) is 0 Å². The standard InChI is InChI=1S/C16H16N2O4S/c19-16(22-10-8-13-4-2-1-3-5-13)14-6-7-15-17-23(20,21)11-9-18(15)12-14/h1-7,12H,8-11H2. The zero-order chi connectivity index (χ0) is 16.3. The molecule has 0 saturated heterocycles. The van der Waals surface area contributed by atoms with E-state index in [0.717, 1.165) is 5.56 Å². The lowest BCUT2D eigenvalue weighted by Crippen LogP contribution is -2.37. The summed E-state index contributed by atoms with van der Waals surface area (Å²) in [4.78, 5) is 13.7. The van der Waals surface area contributed by atoms with Crippen LogP contribution in [0.5, 0.6) is 0 Å². The summed E-state index contributed by atoms with van der Waals surface area (Å²) in [5.74, 6) is -0.154. The van der Waals surface area contributed by atoms with Crippen LogP contribution >= 0.6 is 0 Å². The van der Waals surface area contributed by atoms with Gasteiger partial charge in [-0.15, -0.1) is 4.40 Å². The zero-order valence-corrected chi connectivity index (χ0v) is 13.2. The zero-order valence-electron chi connectivity index (χ0n) is 12.4. The number of ether oxygens (including phenoxy) is 1. The van der Waals surface area contributed by atoms with Gasteiger partial charge in [-0.1, -0.05) is 30.3 Å². The van der Waals surface area contributed by atoms with Crippen molar-refractivity contribution in [3.8, 4) is 0 Å². The second-order valence-corrected chi connectivity index (χ2v) is 6.97. The minimum atomic E-state index is -3.39. The van der Waals surface area contributed by atoms with Gasteiger partial charge in [-0.3, -0.25) is 0 Å². The van der Waals surface area contributed by atoms with Crippen LogP contribution in [0.1, 0.15) is 5.56 Å². The van der Waals surface area contributed by atoms with Gasteiger partial charge in [-0.25, -0.2) is 13.2 Å². The van der Waals surface area contributed by atoms with E-state index in [1.54, 1.807) is 11.1 Å². The molecule has 0 aromatic heterocycles. The second kappa shape index (κ2) is 6.37. The molecular weight excluding hydrogens is 316 g/mol. The average Bonchev–Trinajstić information content (AvgIpc) is 2.54. The average molecular weight is 332 g/mol. The normalized spacial score (nSPS) is 18.7. The predicted molar refractivity (Wildman–Crippen MR) is 86.3 cm³/mol. The fourth-order valence-electron chi connectivity index (χ4n) is 2.31. The summed E-state index contributed by atoms with van der Waals surface area (Å²) in [6.45, 7) is 0.579. The summed E-state index contributed by atoms with van der Waals surface area (Å²) in [5, 5.41) is 0. The van der Waals surface area contributed by atoms with Crippen molar-refractivity contribution in [2.75, 3.05) is 18.9 Å². The molecule has 0 unspecified atom stereocenters. The molecule has 0 radical (unpaired) electrons. The van der Waals surface area contributed by atoms with Crippen LogP contribution in [0.25, 0.3) is 0 Å². The number of fused-ring (bicyclic) bond motifs is 1. The lowest BCUT2D eigenvalue weighted by atomic mass is 10.1. The van der Waals surface area contributed by atoms with Gasteiger partial charge in [0.25, 0.3) is 10.0 Å². The molecule has 0 amide bonds. The minimum absolute atomic E-state index is 0.0584. The Hall–Kier alpha value is -2.41. The van der Waals surface area contributed by atoms with Gasteiger partial charge in [-0.05, 0) is 17.7 Å². The molecule has 2 heterocycles. The number of sulfonamides is 1. The van der Waals surface area contributed by atoms with Crippen molar-refractivity contribution in [3.63, 3.8) is 0 Å². The van der Waals surface area contributed by atoms with Crippen molar-refractivity contribution in [2.45, 2.75) is 6.42 Å². The molecule has 0 atom stereocenters. The first-order chi connectivity index (χ1) is 11.0. The van der Waals surface area contributed by atoms with E-state index in [9.17, 15) is 13.2 Å². The predicted octanol–water partition coefficient (Wildman–Crippen LogP) is 1.27. The van der Waals surface area contributed by atoms with Crippen LogP contribution in [0.3, 0.4) is 0 Å². The Kier molecular flexibility index (Phi) is 4.29. The molecule has 23 heavy (non-hydrogen) atoms. The topological polar surface area (TPSA) is 76.0 Å². The molecule has 1 aromatic carbocycles. The molecule has 0 fully saturated rings. The van der Waals surface area contributed by atoms with E-state index in [4.69, 9.17) is 4.74 Å². The quantitative estimate of drug-likeness (QED) is 0.776. The van der Waals surface area contributed by atoms with Gasteiger partial charge in [0.1, 0.15) is 5.84 Å². The molecule has 120 valence electrons. The first kappa shape index (κ1) is 15.5. The Morgan fingerprint density at radius 2 is 2.00 bits per heavy atom. The number of carbonyl (C=O) groups is 1. The Balaban J connectivity index is 1.59. The lowest BCUT2D eigenvalue weighted by Gasteiger charge is -2.26. The van der Waals surface area contributed by atoms with Crippen molar-refractivity contribution < 1.29 is 17.9 Å². The monoisotopic (exact) mass is 332 g/mol. The van der Waals surface area contributed by atoms with Gasteiger partial charge >= 0.3 is 5.97 Å². The Morgan fingerprint density at radius 1 is 1.22 bits per heavy atom. The molecule has 0 N–H and O–H groups in total. The Morgan fingerprint density at radius 3 is 2.78 bits per heavy atom. The fourth-order valence-corrected chi connectivity index (χ4v) is 3.28. The van der Waals surface area contributed by atoms with Crippen LogP contribution in [0.4, 0.5) is 0 Å². The molecule has 2 aliphatic heterocycles. The van der Waals surface area contributed by atoms with Crippen molar-refractivity contribution in [2.24, 2.45) is 4.40 Å². The highest BCUT2D eigenvalue weighted by Gasteiger charge is 2.25. The van der Waals surface area contributed by atoms with Gasteiger partial charge in [-0.2, -0.15) is 0 Å². The van der Waals surface area contributed by atoms with Crippen LogP contribution in [-0.4, -0.2) is 44.0 Å². The van der Waals surface area contributed by atoms with E-state index in [-0.39, 0.29) is 12.3 Å². The third kappa shape index (κ3) is 3.87. The van der Waals surface area contributed by atoms with Gasteiger partial charge in [0, 0.05) is 19.2 Å². The van der Waals surface area contributed by atoms with E-state index in [2.05, 4.69) is 4.40 Å². The van der Waals surface area contributed by atoms with E-state index in [1.165, 1.54) is 12.2 Å². The third-order valence-corrected chi connectivity index (χ3v) is 4.69. The number of hydrogen-bond acceptors (Lipinski definition) is 5. The van der Waals surface area contributed by atoms with Crippen molar-refractivity contribution >= 4 is 21.8 Å². The molecular formula is C16H16N2O4S. The Labute approximate surface area is 134 Å². The fraction of sp³-hybridized carbons (Fsp3) is 0.250. The van der Waals surface area contributed by atoms with E-state index < -0.39 is 16.0 Å². The van der Waals surface area contributed by atoms with Gasteiger partial charge in [0.05, 0.1) is 17.9 Å². The van der Waals surface area contributed by atoms with E-state index >= 15 is 0 Å². The van der Waals surface area contributed by atoms with Crippen LogP contribution in [0.15, 0.2) is 58.7 Å². The van der Waals surface area contributed by atoms with Gasteiger partial charge < -0.3 is 9.64 Å². The molecule has 0 saturated carbocycles. The molecule has 7 heteroatoms. The van der Waals surface area contributed by atoms with Gasteiger partial charge in [0.2, 0.25) is 0 Å². The van der Waals surface area contributed by atoms with Crippen LogP contribution < -0.4 is 0 Å². The van der Waals surface area contributed by atoms with Gasteiger partial charge in [0.15, 0.2) is 0 Å². The number of rotatable bonds is 4. The van der Waals surface area contributed by atoms with E-state index in [0.29, 0.717) is 24.4 Å². The van der Waals surface area contributed by atoms with E-state index in [1.807, 2.05) is 30.3 Å². The number of hydrogen-bond donors (Lipinski definition) is 0. The Bertz CT molecular complexity index is 795. The van der Waals surface area contributed by atoms with Crippen molar-refractivity contribution in [3.05, 3.63) is 59.8 Å². The summed E-state index contributed by atoms with van der Waals surface area (Å²) in [7, 11) is -3.39. The summed E-state index contributed by atoms with van der Waals surface area (Å²) >= 11 is 0. The molecule has 0 spiro atoms. The molecule has 2 aliphatic rings. The number of amidine groups is 1.